The normalized spacial score (nSPS) is 20.2. The standard InChI is InChI=1S/C25H28N10O7S2.Na/c1-3-33-8-9-34(21(39)20(33)38)24(42)28-15(12-4-6-14(26)7-5-12)18(36)27-16-19(37)35-17(23(40)41)13(10-43-22(16)35)11-44-25-29-30-31-32(25)2;/h4-7,15-16,22H,3,8-11,26H2,1-2H3,(H,27,36)(H,28,42)(H,40,41);/q;+1/p-1/t15-,16+,22-;/m0./s1. The number of carboxylic acids is 1. The van der Waals surface area contributed by atoms with E-state index in [1.807, 2.05) is 0 Å². The zero-order chi connectivity index (χ0) is 31.7. The Hall–Kier alpha value is -3.65. The predicted octanol–water partition coefficient (Wildman–Crippen LogP) is -5.57. The minimum atomic E-state index is -1.53. The fourth-order valence-corrected chi connectivity index (χ4v) is 7.21. The van der Waals surface area contributed by atoms with Crippen LogP contribution in [-0.2, 0) is 31.0 Å². The third-order valence-corrected chi connectivity index (χ3v) is 9.67. The van der Waals surface area contributed by atoms with E-state index < -0.39 is 53.1 Å². The first-order valence-electron chi connectivity index (χ1n) is 13.3. The number of imide groups is 1. The Morgan fingerprint density at radius 1 is 1.16 bits per heavy atom. The van der Waals surface area contributed by atoms with Crippen molar-refractivity contribution >= 4 is 64.8 Å². The van der Waals surface area contributed by atoms with Gasteiger partial charge in [0.1, 0.15) is 17.5 Å². The molecule has 5 rings (SSSR count). The molecule has 1 aromatic carbocycles. The Balaban J connectivity index is 0.00000461. The summed E-state index contributed by atoms with van der Waals surface area (Å²) in [6, 6.07) is 2.57. The first-order valence-corrected chi connectivity index (χ1v) is 15.4. The number of piperazine rings is 1. The second-order valence-corrected chi connectivity index (χ2v) is 11.9. The third-order valence-electron chi connectivity index (χ3n) is 7.23. The van der Waals surface area contributed by atoms with Crippen LogP contribution in [0, 0.1) is 0 Å². The number of benzene rings is 1. The summed E-state index contributed by atoms with van der Waals surface area (Å²) in [4.78, 5) is 80.1. The van der Waals surface area contributed by atoms with Crippen molar-refractivity contribution in [3.05, 3.63) is 41.1 Å². The SMILES string of the molecule is CCN1CCN(C(=O)N[C@H](C(=O)N[C@@H]2C(=O)N3C(C(=O)[O-])=C(CSc4nnnn4C)CS[C@@H]23)c2ccc(N)cc2)C(=O)C1=O.[Na+]. The summed E-state index contributed by atoms with van der Waals surface area (Å²) in [7, 11) is 1.64. The van der Waals surface area contributed by atoms with E-state index >= 15 is 0 Å². The van der Waals surface area contributed by atoms with Gasteiger partial charge in [0, 0.05) is 43.9 Å². The summed E-state index contributed by atoms with van der Waals surface area (Å²) in [5.41, 5.74) is 6.64. The van der Waals surface area contributed by atoms with Crippen molar-refractivity contribution in [2.75, 3.05) is 36.9 Å². The molecule has 0 bridgehead atoms. The van der Waals surface area contributed by atoms with Gasteiger partial charge in [-0.2, -0.15) is 0 Å². The number of amides is 6. The number of nitrogens with two attached hydrogens (primary N) is 1. The summed E-state index contributed by atoms with van der Waals surface area (Å²) in [5.74, 6) is -4.42. The van der Waals surface area contributed by atoms with Gasteiger partial charge in [-0.3, -0.25) is 29.0 Å². The molecule has 0 unspecified atom stereocenters. The van der Waals surface area contributed by atoms with Crippen LogP contribution in [0.2, 0.25) is 0 Å². The maximum atomic E-state index is 13.6. The fourth-order valence-electron chi connectivity index (χ4n) is 4.87. The van der Waals surface area contributed by atoms with Crippen LogP contribution in [0.3, 0.4) is 0 Å². The van der Waals surface area contributed by atoms with E-state index in [0.717, 1.165) is 9.80 Å². The molecule has 20 heteroatoms. The molecule has 4 heterocycles. The molecule has 3 aliphatic rings. The zero-order valence-corrected chi connectivity index (χ0v) is 28.1. The summed E-state index contributed by atoms with van der Waals surface area (Å²) in [6.07, 6.45) is 0. The number of aromatic nitrogens is 4. The second-order valence-electron chi connectivity index (χ2n) is 9.90. The fraction of sp³-hybridized carbons (Fsp3) is 0.400. The van der Waals surface area contributed by atoms with Gasteiger partial charge in [-0.25, -0.2) is 9.48 Å². The number of hydrogen-bond acceptors (Lipinski definition) is 13. The summed E-state index contributed by atoms with van der Waals surface area (Å²) in [6.45, 7) is 2.08. The molecular formula is C25H27N10NaO7S2. The molecule has 0 saturated carbocycles. The van der Waals surface area contributed by atoms with Gasteiger partial charge in [-0.15, -0.1) is 16.9 Å². The number of rotatable bonds is 9. The van der Waals surface area contributed by atoms with Gasteiger partial charge in [0.05, 0.1) is 11.7 Å². The average Bonchev–Trinajstić information content (AvgIpc) is 3.42. The number of β-lactam (4-membered cyclic amide) rings is 1. The number of nitrogen functional groups attached to an aromatic ring is 1. The predicted molar refractivity (Wildman–Crippen MR) is 153 cm³/mol. The maximum Gasteiger partial charge on any atom is 1.00 e. The second kappa shape index (κ2) is 14.2. The van der Waals surface area contributed by atoms with Crippen LogP contribution < -0.4 is 51.0 Å². The van der Waals surface area contributed by atoms with E-state index in [0.29, 0.717) is 28.5 Å². The third kappa shape index (κ3) is 6.81. The number of nitrogens with one attached hydrogen (secondary N) is 2. The summed E-state index contributed by atoms with van der Waals surface area (Å²) < 4.78 is 1.43. The van der Waals surface area contributed by atoms with Crippen molar-refractivity contribution in [2.24, 2.45) is 7.05 Å². The average molecular weight is 667 g/mol. The zero-order valence-electron chi connectivity index (χ0n) is 24.5. The van der Waals surface area contributed by atoms with Gasteiger partial charge < -0.3 is 31.2 Å². The molecule has 2 aromatic rings. The van der Waals surface area contributed by atoms with Crippen LogP contribution in [0.1, 0.15) is 18.5 Å². The van der Waals surface area contributed by atoms with Gasteiger partial charge >= 0.3 is 47.4 Å². The molecule has 0 radical (unpaired) electrons. The first-order chi connectivity index (χ1) is 21.0. The minimum absolute atomic E-state index is 0. The number of aliphatic carboxylic acids is 1. The molecule has 45 heavy (non-hydrogen) atoms. The van der Waals surface area contributed by atoms with Gasteiger partial charge in [0.25, 0.3) is 5.91 Å². The van der Waals surface area contributed by atoms with Crippen LogP contribution in [0.15, 0.2) is 40.7 Å². The van der Waals surface area contributed by atoms with Crippen molar-refractivity contribution < 1.29 is 63.4 Å². The van der Waals surface area contributed by atoms with E-state index in [2.05, 4.69) is 26.2 Å². The number of thioether (sulfide) groups is 2. The number of urea groups is 1. The van der Waals surface area contributed by atoms with E-state index in [4.69, 9.17) is 5.73 Å². The molecule has 2 saturated heterocycles. The monoisotopic (exact) mass is 666 g/mol. The topological polar surface area (TPSA) is 229 Å². The number of tetrazole rings is 1. The molecule has 17 nitrogen and oxygen atoms in total. The van der Waals surface area contributed by atoms with Crippen molar-refractivity contribution in [3.63, 3.8) is 0 Å². The number of fused-ring (bicyclic) bond motifs is 1. The number of likely N-dealkylation sites (N-methyl/N-ethyl adjacent to an activating group) is 1. The van der Waals surface area contributed by atoms with Crippen LogP contribution in [0.25, 0.3) is 0 Å². The molecule has 0 spiro atoms. The Kier molecular flexibility index (Phi) is 10.8. The molecule has 1 aromatic heterocycles. The smallest absolute Gasteiger partial charge is 0.543 e. The molecular weight excluding hydrogens is 639 g/mol. The number of carboxylic acid groups (broad SMARTS) is 1. The van der Waals surface area contributed by atoms with Crippen molar-refractivity contribution in [2.45, 2.75) is 29.5 Å². The van der Waals surface area contributed by atoms with Crippen LogP contribution >= 0.6 is 23.5 Å². The van der Waals surface area contributed by atoms with Gasteiger partial charge in [0.2, 0.25) is 11.1 Å². The Morgan fingerprint density at radius 2 is 1.87 bits per heavy atom. The molecule has 6 amide bonds. The Labute approximate surface area is 286 Å². The maximum absolute atomic E-state index is 13.6. The molecule has 4 N–H and O–H groups in total. The number of nitrogens with zero attached hydrogens (tertiary/aromatic N) is 7. The molecule has 3 aliphatic heterocycles. The van der Waals surface area contributed by atoms with E-state index in [1.165, 1.54) is 57.4 Å². The minimum Gasteiger partial charge on any atom is -0.543 e. The molecule has 2 fully saturated rings. The molecule has 3 atom stereocenters. The Bertz CT molecular complexity index is 1570. The number of hydrogen-bond donors (Lipinski definition) is 3. The van der Waals surface area contributed by atoms with E-state index in [-0.39, 0.29) is 59.8 Å². The van der Waals surface area contributed by atoms with Crippen LogP contribution in [0.5, 0.6) is 0 Å². The van der Waals surface area contributed by atoms with Gasteiger partial charge in [0.15, 0.2) is 0 Å². The molecule has 0 aliphatic carbocycles. The van der Waals surface area contributed by atoms with E-state index in [1.54, 1.807) is 14.0 Å². The van der Waals surface area contributed by atoms with Crippen molar-refractivity contribution in [3.8, 4) is 0 Å². The number of anilines is 1. The first kappa shape index (κ1) is 34.2. The summed E-state index contributed by atoms with van der Waals surface area (Å²) >= 11 is 2.46. The number of carbonyl (C=O) groups excluding carboxylic acids is 6. The van der Waals surface area contributed by atoms with Crippen molar-refractivity contribution in [1.82, 2.24) is 45.5 Å². The molecule has 232 valence electrons. The largest absolute Gasteiger partial charge is 1.00 e. The van der Waals surface area contributed by atoms with Crippen LogP contribution in [-0.4, -0.2) is 113 Å². The van der Waals surface area contributed by atoms with Gasteiger partial charge in [-0.05, 0) is 40.6 Å². The number of carbonyl (C=O) groups is 6. The van der Waals surface area contributed by atoms with Gasteiger partial charge in [-0.1, -0.05) is 23.9 Å². The number of aryl methyl sites for hydroxylation is 1. The van der Waals surface area contributed by atoms with Crippen molar-refractivity contribution in [1.29, 1.82) is 0 Å². The van der Waals surface area contributed by atoms with E-state index in [9.17, 15) is 33.9 Å². The van der Waals surface area contributed by atoms with Crippen LogP contribution in [0.4, 0.5) is 10.5 Å². The summed E-state index contributed by atoms with van der Waals surface area (Å²) in [5, 5.41) is 28.1. The quantitative estimate of drug-likeness (QED) is 0.0747. The Morgan fingerprint density at radius 3 is 2.49 bits per heavy atom.